The lowest BCUT2D eigenvalue weighted by Gasteiger charge is -2.01. The number of nitrogens with zero attached hydrogens (tertiary/aromatic N) is 3. The number of hydrogen-bond donors (Lipinski definition) is 0. The Bertz CT molecular complexity index is 194. The van der Waals surface area contributed by atoms with Gasteiger partial charge in [-0.25, -0.2) is 0 Å². The molecule has 0 aliphatic heterocycles. The molecule has 4 heteroatoms. The standard InChI is InChI=1S/C5H9N3O/c1-4-6-7-5(9-4)8(2)3/h1-3H3. The van der Waals surface area contributed by atoms with Crippen LogP contribution < -0.4 is 4.90 Å². The molecule has 0 spiro atoms. The Morgan fingerprint density at radius 3 is 2.22 bits per heavy atom. The van der Waals surface area contributed by atoms with Crippen molar-refractivity contribution in [3.05, 3.63) is 5.89 Å². The molecule has 0 aliphatic carbocycles. The summed E-state index contributed by atoms with van der Waals surface area (Å²) >= 11 is 0. The second-order valence-electron chi connectivity index (χ2n) is 2.00. The normalized spacial score (nSPS) is 9.67. The zero-order valence-electron chi connectivity index (χ0n) is 5.75. The number of rotatable bonds is 1. The molecular formula is C5H9N3O. The molecule has 0 N–H and O–H groups in total. The van der Waals surface area contributed by atoms with Crippen LogP contribution in [0.15, 0.2) is 4.42 Å². The largest absolute Gasteiger partial charge is 0.408 e. The van der Waals surface area contributed by atoms with Gasteiger partial charge in [0.1, 0.15) is 0 Å². The van der Waals surface area contributed by atoms with Gasteiger partial charge >= 0.3 is 6.01 Å². The van der Waals surface area contributed by atoms with Gasteiger partial charge in [-0.2, -0.15) is 0 Å². The molecule has 1 rings (SSSR count). The van der Waals surface area contributed by atoms with E-state index in [9.17, 15) is 0 Å². The molecule has 0 atom stereocenters. The first-order valence-electron chi connectivity index (χ1n) is 2.67. The number of aryl methyl sites for hydroxylation is 1. The molecular weight excluding hydrogens is 118 g/mol. The summed E-state index contributed by atoms with van der Waals surface area (Å²) in [5, 5.41) is 7.40. The van der Waals surface area contributed by atoms with E-state index in [1.807, 2.05) is 14.1 Å². The highest BCUT2D eigenvalue weighted by atomic mass is 16.4. The molecule has 0 aliphatic rings. The summed E-state index contributed by atoms with van der Waals surface area (Å²) in [4.78, 5) is 1.76. The predicted octanol–water partition coefficient (Wildman–Crippen LogP) is 0.444. The van der Waals surface area contributed by atoms with E-state index in [2.05, 4.69) is 10.2 Å². The molecule has 0 amide bonds. The minimum Gasteiger partial charge on any atom is -0.408 e. The van der Waals surface area contributed by atoms with Gasteiger partial charge in [0.2, 0.25) is 5.89 Å². The number of anilines is 1. The van der Waals surface area contributed by atoms with Crippen molar-refractivity contribution in [1.82, 2.24) is 10.2 Å². The quantitative estimate of drug-likeness (QED) is 0.549. The second kappa shape index (κ2) is 2.05. The third kappa shape index (κ3) is 1.19. The summed E-state index contributed by atoms with van der Waals surface area (Å²) in [5.74, 6) is 0.596. The van der Waals surface area contributed by atoms with Crippen molar-refractivity contribution in [1.29, 1.82) is 0 Å². The Morgan fingerprint density at radius 2 is 2.00 bits per heavy atom. The van der Waals surface area contributed by atoms with Gasteiger partial charge in [-0.05, 0) is 0 Å². The molecule has 1 aromatic rings. The van der Waals surface area contributed by atoms with E-state index in [1.165, 1.54) is 0 Å². The fourth-order valence-corrected chi connectivity index (χ4v) is 0.467. The van der Waals surface area contributed by atoms with E-state index in [0.29, 0.717) is 11.9 Å². The summed E-state index contributed by atoms with van der Waals surface area (Å²) < 4.78 is 5.05. The summed E-state index contributed by atoms with van der Waals surface area (Å²) in [6, 6.07) is 0.549. The van der Waals surface area contributed by atoms with E-state index in [0.717, 1.165) is 0 Å². The highest BCUT2D eigenvalue weighted by molar-refractivity contribution is 5.18. The SMILES string of the molecule is Cc1nnc(N(C)C)o1. The third-order valence-corrected chi connectivity index (χ3v) is 0.898. The van der Waals surface area contributed by atoms with Crippen LogP contribution in [0.3, 0.4) is 0 Å². The Labute approximate surface area is 53.5 Å². The average Bonchev–Trinajstić information content (AvgIpc) is 2.14. The fourth-order valence-electron chi connectivity index (χ4n) is 0.467. The maximum atomic E-state index is 5.05. The van der Waals surface area contributed by atoms with E-state index >= 15 is 0 Å². The molecule has 0 saturated heterocycles. The minimum atomic E-state index is 0.549. The van der Waals surface area contributed by atoms with Crippen LogP contribution in [0.25, 0.3) is 0 Å². The van der Waals surface area contributed by atoms with Gasteiger partial charge in [-0.3, -0.25) is 0 Å². The zero-order chi connectivity index (χ0) is 6.85. The molecule has 4 nitrogen and oxygen atoms in total. The van der Waals surface area contributed by atoms with Gasteiger partial charge < -0.3 is 9.32 Å². The molecule has 0 fully saturated rings. The number of hydrogen-bond acceptors (Lipinski definition) is 4. The lowest BCUT2D eigenvalue weighted by Crippen LogP contribution is -2.08. The van der Waals surface area contributed by atoms with Crippen LogP contribution in [-0.4, -0.2) is 24.3 Å². The maximum Gasteiger partial charge on any atom is 0.317 e. The molecule has 0 aromatic carbocycles. The topological polar surface area (TPSA) is 42.2 Å². The first kappa shape index (κ1) is 6.07. The molecule has 1 heterocycles. The summed E-state index contributed by atoms with van der Waals surface area (Å²) in [5.41, 5.74) is 0. The molecule has 0 bridgehead atoms. The van der Waals surface area contributed by atoms with Gasteiger partial charge in [-0.15, -0.1) is 5.10 Å². The smallest absolute Gasteiger partial charge is 0.317 e. The first-order valence-corrected chi connectivity index (χ1v) is 2.67. The molecule has 9 heavy (non-hydrogen) atoms. The predicted molar refractivity (Wildman–Crippen MR) is 33.4 cm³/mol. The molecule has 50 valence electrons. The highest BCUT2D eigenvalue weighted by Crippen LogP contribution is 2.05. The first-order chi connectivity index (χ1) is 4.20. The lowest BCUT2D eigenvalue weighted by molar-refractivity contribution is 0.519. The van der Waals surface area contributed by atoms with Crippen molar-refractivity contribution in [2.75, 3.05) is 19.0 Å². The average molecular weight is 127 g/mol. The van der Waals surface area contributed by atoms with Crippen LogP contribution >= 0.6 is 0 Å². The van der Waals surface area contributed by atoms with Crippen LogP contribution in [0.1, 0.15) is 5.89 Å². The van der Waals surface area contributed by atoms with Gasteiger partial charge in [0.25, 0.3) is 0 Å². The van der Waals surface area contributed by atoms with Crippen molar-refractivity contribution >= 4 is 6.01 Å². The van der Waals surface area contributed by atoms with E-state index in [1.54, 1.807) is 11.8 Å². The second-order valence-corrected chi connectivity index (χ2v) is 2.00. The van der Waals surface area contributed by atoms with E-state index < -0.39 is 0 Å². The van der Waals surface area contributed by atoms with Crippen LogP contribution in [0.4, 0.5) is 6.01 Å². The Hall–Kier alpha value is -1.06. The summed E-state index contributed by atoms with van der Waals surface area (Å²) in [6.45, 7) is 1.76. The minimum absolute atomic E-state index is 0.549. The van der Waals surface area contributed by atoms with Crippen molar-refractivity contribution < 1.29 is 4.42 Å². The highest BCUT2D eigenvalue weighted by Gasteiger charge is 2.01. The van der Waals surface area contributed by atoms with E-state index in [-0.39, 0.29) is 0 Å². The van der Waals surface area contributed by atoms with Crippen molar-refractivity contribution in [3.8, 4) is 0 Å². The summed E-state index contributed by atoms with van der Waals surface area (Å²) in [7, 11) is 3.71. The molecule has 0 unspecified atom stereocenters. The lowest BCUT2D eigenvalue weighted by atomic mass is 10.8. The monoisotopic (exact) mass is 127 g/mol. The third-order valence-electron chi connectivity index (χ3n) is 0.898. The number of aromatic nitrogens is 2. The van der Waals surface area contributed by atoms with Gasteiger partial charge in [-0.1, -0.05) is 5.10 Å². The van der Waals surface area contributed by atoms with Crippen molar-refractivity contribution in [2.24, 2.45) is 0 Å². The summed E-state index contributed by atoms with van der Waals surface area (Å²) in [6.07, 6.45) is 0. The van der Waals surface area contributed by atoms with Crippen LogP contribution in [0.5, 0.6) is 0 Å². The Balaban J connectivity index is 2.85. The maximum absolute atomic E-state index is 5.05. The molecule has 0 saturated carbocycles. The molecule has 1 aromatic heterocycles. The van der Waals surface area contributed by atoms with Gasteiger partial charge in [0.15, 0.2) is 0 Å². The Kier molecular flexibility index (Phi) is 1.38. The van der Waals surface area contributed by atoms with Crippen molar-refractivity contribution in [3.63, 3.8) is 0 Å². The fraction of sp³-hybridized carbons (Fsp3) is 0.600. The van der Waals surface area contributed by atoms with E-state index in [4.69, 9.17) is 4.42 Å². The van der Waals surface area contributed by atoms with Gasteiger partial charge in [0, 0.05) is 21.0 Å². The van der Waals surface area contributed by atoms with Gasteiger partial charge in [0.05, 0.1) is 0 Å². The van der Waals surface area contributed by atoms with Crippen LogP contribution in [0.2, 0.25) is 0 Å². The van der Waals surface area contributed by atoms with Crippen LogP contribution in [-0.2, 0) is 0 Å². The Morgan fingerprint density at radius 1 is 1.33 bits per heavy atom. The molecule has 0 radical (unpaired) electrons. The van der Waals surface area contributed by atoms with Crippen molar-refractivity contribution in [2.45, 2.75) is 6.92 Å². The zero-order valence-corrected chi connectivity index (χ0v) is 5.75. The van der Waals surface area contributed by atoms with Crippen LogP contribution in [0, 0.1) is 6.92 Å².